The molecule has 17 heavy (non-hydrogen) atoms. The fraction of sp³-hybridized carbons (Fsp3) is 0.700. The summed E-state index contributed by atoms with van der Waals surface area (Å²) in [7, 11) is -3.92. The van der Waals surface area contributed by atoms with Gasteiger partial charge in [0.2, 0.25) is 10.7 Å². The molecule has 0 aromatic carbocycles. The first-order valence-corrected chi connectivity index (χ1v) is 6.45. The second-order valence-electron chi connectivity index (χ2n) is 4.42. The standard InChI is InChI=1S/C10H12F2O4S/c11-10(12,17(14)15)5-16-9(13)8-4-6-1-2-7(8)3-6/h1-2,6-8,17H,3-5H2. The minimum absolute atomic E-state index is 0.0575. The number of alkyl halides is 2. The lowest BCUT2D eigenvalue weighted by Gasteiger charge is -2.17. The van der Waals surface area contributed by atoms with Gasteiger partial charge >= 0.3 is 11.2 Å². The zero-order chi connectivity index (χ0) is 12.6. The van der Waals surface area contributed by atoms with E-state index < -0.39 is 34.5 Å². The van der Waals surface area contributed by atoms with Crippen molar-refractivity contribution >= 4 is 16.7 Å². The van der Waals surface area contributed by atoms with Gasteiger partial charge < -0.3 is 4.74 Å². The van der Waals surface area contributed by atoms with Crippen LogP contribution in [-0.2, 0) is 20.2 Å². The SMILES string of the molecule is O=C(OCC(F)(F)[SH](=O)=O)C1CC2C=CC1C2. The van der Waals surface area contributed by atoms with Crippen LogP contribution in [0.3, 0.4) is 0 Å². The maximum Gasteiger partial charge on any atom is 0.376 e. The molecule has 0 radical (unpaired) electrons. The Morgan fingerprint density at radius 2 is 2.06 bits per heavy atom. The molecule has 7 heteroatoms. The van der Waals surface area contributed by atoms with Crippen molar-refractivity contribution < 1.29 is 26.7 Å². The average molecular weight is 266 g/mol. The van der Waals surface area contributed by atoms with Crippen LogP contribution in [0.1, 0.15) is 12.8 Å². The molecule has 2 bridgehead atoms. The zero-order valence-electron chi connectivity index (χ0n) is 8.84. The van der Waals surface area contributed by atoms with E-state index in [9.17, 15) is 22.0 Å². The maximum absolute atomic E-state index is 12.7. The molecule has 0 aromatic heterocycles. The fourth-order valence-corrected chi connectivity index (χ4v) is 2.54. The van der Waals surface area contributed by atoms with Crippen molar-refractivity contribution in [2.24, 2.45) is 17.8 Å². The third-order valence-corrected chi connectivity index (χ3v) is 3.90. The molecule has 0 N–H and O–H groups in total. The summed E-state index contributed by atoms with van der Waals surface area (Å²) in [6.45, 7) is -1.39. The van der Waals surface area contributed by atoms with Gasteiger partial charge in [-0.05, 0) is 24.7 Å². The molecule has 0 saturated heterocycles. The fourth-order valence-electron chi connectivity index (χ4n) is 2.37. The summed E-state index contributed by atoms with van der Waals surface area (Å²) < 4.78 is 50.1. The number of halogens is 2. The van der Waals surface area contributed by atoms with Crippen LogP contribution >= 0.6 is 0 Å². The van der Waals surface area contributed by atoms with Gasteiger partial charge in [-0.1, -0.05) is 12.2 Å². The number of thiol groups is 1. The zero-order valence-corrected chi connectivity index (χ0v) is 9.74. The van der Waals surface area contributed by atoms with Gasteiger partial charge in [0, 0.05) is 0 Å². The predicted octanol–water partition coefficient (Wildman–Crippen LogP) is 0.946. The summed E-state index contributed by atoms with van der Waals surface area (Å²) in [5.74, 6) is -0.736. The van der Waals surface area contributed by atoms with E-state index in [1.54, 1.807) is 0 Å². The lowest BCUT2D eigenvalue weighted by Crippen LogP contribution is -2.30. The minimum Gasteiger partial charge on any atom is -0.458 e. The molecule has 0 aliphatic heterocycles. The van der Waals surface area contributed by atoms with Crippen LogP contribution in [0.4, 0.5) is 8.78 Å². The third-order valence-electron chi connectivity index (χ3n) is 3.24. The molecule has 96 valence electrons. The number of carbonyl (C=O) groups excluding carboxylic acids is 1. The van der Waals surface area contributed by atoms with E-state index in [-0.39, 0.29) is 5.92 Å². The van der Waals surface area contributed by atoms with Gasteiger partial charge in [-0.15, -0.1) is 0 Å². The van der Waals surface area contributed by atoms with E-state index in [2.05, 4.69) is 4.74 Å². The van der Waals surface area contributed by atoms with Crippen LogP contribution in [0.2, 0.25) is 0 Å². The van der Waals surface area contributed by atoms with Gasteiger partial charge in [0.05, 0.1) is 5.92 Å². The molecule has 0 heterocycles. The molecule has 0 spiro atoms. The Kier molecular flexibility index (Phi) is 3.20. The van der Waals surface area contributed by atoms with Crippen molar-refractivity contribution in [3.8, 4) is 0 Å². The summed E-state index contributed by atoms with van der Waals surface area (Å²) in [6.07, 6.45) is 5.37. The molecular weight excluding hydrogens is 254 g/mol. The summed E-state index contributed by atoms with van der Waals surface area (Å²) in [4.78, 5) is 11.5. The van der Waals surface area contributed by atoms with Crippen LogP contribution in [0, 0.1) is 17.8 Å². The van der Waals surface area contributed by atoms with Crippen molar-refractivity contribution in [1.29, 1.82) is 0 Å². The van der Waals surface area contributed by atoms with Gasteiger partial charge in [0.25, 0.3) is 0 Å². The molecule has 3 unspecified atom stereocenters. The Morgan fingerprint density at radius 3 is 2.53 bits per heavy atom. The molecule has 3 atom stereocenters. The normalized spacial score (nSPS) is 31.1. The monoisotopic (exact) mass is 266 g/mol. The van der Waals surface area contributed by atoms with Gasteiger partial charge in [-0.2, -0.15) is 8.78 Å². The first kappa shape index (κ1) is 12.5. The number of hydrogen-bond donors (Lipinski definition) is 1. The quantitative estimate of drug-likeness (QED) is 0.467. The Hall–Kier alpha value is -0.980. The molecule has 4 nitrogen and oxygen atoms in total. The number of hydrogen-bond acceptors (Lipinski definition) is 4. The highest BCUT2D eigenvalue weighted by atomic mass is 32.2. The number of esters is 1. The number of fused-ring (bicyclic) bond motifs is 2. The van der Waals surface area contributed by atoms with Crippen LogP contribution in [-0.4, -0.2) is 26.2 Å². The molecule has 0 amide bonds. The number of ether oxygens (including phenoxy) is 1. The van der Waals surface area contributed by atoms with Gasteiger partial charge in [-0.25, -0.2) is 8.42 Å². The third kappa shape index (κ3) is 2.48. The van der Waals surface area contributed by atoms with Gasteiger partial charge in [0.1, 0.15) is 0 Å². The summed E-state index contributed by atoms with van der Waals surface area (Å²) in [5.41, 5.74) is 0. The number of carbonyl (C=O) groups is 1. The van der Waals surface area contributed by atoms with E-state index in [0.29, 0.717) is 12.3 Å². The summed E-state index contributed by atoms with van der Waals surface area (Å²) in [5, 5.41) is -3.97. The van der Waals surface area contributed by atoms with Crippen molar-refractivity contribution in [2.75, 3.05) is 6.61 Å². The van der Waals surface area contributed by atoms with Crippen LogP contribution < -0.4 is 0 Å². The van der Waals surface area contributed by atoms with E-state index >= 15 is 0 Å². The van der Waals surface area contributed by atoms with E-state index in [0.717, 1.165) is 6.42 Å². The lowest BCUT2D eigenvalue weighted by molar-refractivity contribution is -0.155. The average Bonchev–Trinajstić information content (AvgIpc) is 2.87. The first-order valence-electron chi connectivity index (χ1n) is 5.27. The molecule has 2 aliphatic carbocycles. The highest BCUT2D eigenvalue weighted by Gasteiger charge is 2.42. The Labute approximate surface area is 98.6 Å². The minimum atomic E-state index is -3.97. The van der Waals surface area contributed by atoms with Crippen LogP contribution in [0.25, 0.3) is 0 Å². The van der Waals surface area contributed by atoms with E-state index in [4.69, 9.17) is 0 Å². The Bertz CT molecular complexity index is 422. The molecule has 1 saturated carbocycles. The van der Waals surface area contributed by atoms with E-state index in [1.807, 2.05) is 12.2 Å². The van der Waals surface area contributed by atoms with Crippen molar-refractivity contribution in [1.82, 2.24) is 0 Å². The van der Waals surface area contributed by atoms with Gasteiger partial charge in [0.15, 0.2) is 6.61 Å². The summed E-state index contributed by atoms with van der Waals surface area (Å²) in [6, 6.07) is 0. The van der Waals surface area contributed by atoms with Crippen molar-refractivity contribution in [3.05, 3.63) is 12.2 Å². The summed E-state index contributed by atoms with van der Waals surface area (Å²) >= 11 is 0. The highest BCUT2D eigenvalue weighted by Crippen LogP contribution is 2.43. The highest BCUT2D eigenvalue weighted by molar-refractivity contribution is 7.73. The topological polar surface area (TPSA) is 60.4 Å². The second-order valence-corrected chi connectivity index (χ2v) is 5.59. The molecule has 1 fully saturated rings. The number of allylic oxidation sites excluding steroid dienone is 2. The van der Waals surface area contributed by atoms with Gasteiger partial charge in [-0.3, -0.25) is 4.79 Å². The number of rotatable bonds is 4. The Balaban J connectivity index is 1.89. The molecule has 0 aromatic rings. The molecule has 2 aliphatic rings. The van der Waals surface area contributed by atoms with Crippen molar-refractivity contribution in [2.45, 2.75) is 18.1 Å². The van der Waals surface area contributed by atoms with Crippen LogP contribution in [0.15, 0.2) is 12.2 Å². The first-order chi connectivity index (χ1) is 7.90. The molecule has 2 rings (SSSR count). The van der Waals surface area contributed by atoms with Crippen molar-refractivity contribution in [3.63, 3.8) is 0 Å². The van der Waals surface area contributed by atoms with E-state index in [1.165, 1.54) is 0 Å². The second kappa shape index (κ2) is 4.36. The lowest BCUT2D eigenvalue weighted by atomic mass is 9.94. The maximum atomic E-state index is 12.7. The van der Waals surface area contributed by atoms with Crippen LogP contribution in [0.5, 0.6) is 0 Å². The predicted molar refractivity (Wildman–Crippen MR) is 55.1 cm³/mol. The smallest absolute Gasteiger partial charge is 0.376 e. The Morgan fingerprint density at radius 1 is 1.35 bits per heavy atom. The molecular formula is C10H12F2O4S. The largest absolute Gasteiger partial charge is 0.458 e.